The Bertz CT molecular complexity index is 895. The number of carbonyl (C=O) groups is 2. The molecule has 1 heterocycles. The first-order valence-corrected chi connectivity index (χ1v) is 10.1. The summed E-state index contributed by atoms with van der Waals surface area (Å²) in [7, 11) is 1.47. The molecule has 0 radical (unpaired) electrons. The first-order chi connectivity index (χ1) is 14.2. The molecule has 1 aliphatic heterocycles. The van der Waals surface area contributed by atoms with Crippen molar-refractivity contribution in [2.45, 2.75) is 53.0 Å². The molecule has 162 valence electrons. The van der Waals surface area contributed by atoms with Gasteiger partial charge in [-0.2, -0.15) is 0 Å². The molecular weight excluding hydrogens is 382 g/mol. The highest BCUT2D eigenvalue weighted by Gasteiger charge is 2.27. The molecule has 30 heavy (non-hydrogen) atoms. The number of phenols is 1. The molecule has 0 atom stereocenters. The number of ketones is 1. The summed E-state index contributed by atoms with van der Waals surface area (Å²) in [5.74, 6) is 0.401. The van der Waals surface area contributed by atoms with Crippen molar-refractivity contribution in [1.29, 1.82) is 0 Å². The van der Waals surface area contributed by atoms with Crippen LogP contribution in [0.2, 0.25) is 0 Å². The zero-order valence-corrected chi connectivity index (χ0v) is 18.3. The number of hydrogen-bond acceptors (Lipinski definition) is 5. The van der Waals surface area contributed by atoms with E-state index in [4.69, 9.17) is 9.47 Å². The summed E-state index contributed by atoms with van der Waals surface area (Å²) in [6.45, 7) is 10.0. The number of amides is 1. The number of rotatable bonds is 11. The summed E-state index contributed by atoms with van der Waals surface area (Å²) in [6.07, 6.45) is 7.14. The number of fused-ring (bicyclic) bond motifs is 1. The Labute approximate surface area is 178 Å². The van der Waals surface area contributed by atoms with Crippen LogP contribution in [0.25, 0.3) is 0 Å². The highest BCUT2D eigenvalue weighted by atomic mass is 16.5. The summed E-state index contributed by atoms with van der Waals surface area (Å²) < 4.78 is 11.0. The maximum Gasteiger partial charge on any atom is 0.252 e. The van der Waals surface area contributed by atoms with Crippen molar-refractivity contribution >= 4 is 11.7 Å². The standard InChI is InChI=1S/C24H31NO5/c1-15(2)20(26)10-9-16(3)7-6-8-17(4)11-12-30-23-21(29-5)13-18-19(22(23)27)14-25-24(18)28/h7,11,13,27H,1,6,8-10,12,14H2,2-5H3,(H,25,28). The van der Waals surface area contributed by atoms with E-state index in [9.17, 15) is 14.7 Å². The Hall–Kier alpha value is -3.02. The Balaban J connectivity index is 1.88. The molecule has 0 saturated heterocycles. The fraction of sp³-hybridized carbons (Fsp3) is 0.417. The highest BCUT2D eigenvalue weighted by Crippen LogP contribution is 2.42. The number of benzene rings is 1. The predicted molar refractivity (Wildman–Crippen MR) is 117 cm³/mol. The average molecular weight is 414 g/mol. The van der Waals surface area contributed by atoms with Crippen molar-refractivity contribution in [1.82, 2.24) is 5.32 Å². The molecule has 1 amide bonds. The number of nitrogens with one attached hydrogen (secondary N) is 1. The monoisotopic (exact) mass is 413 g/mol. The molecule has 6 nitrogen and oxygen atoms in total. The maximum absolute atomic E-state index is 11.8. The van der Waals surface area contributed by atoms with Crippen molar-refractivity contribution in [2.75, 3.05) is 13.7 Å². The molecular formula is C24H31NO5. The van der Waals surface area contributed by atoms with Gasteiger partial charge < -0.3 is 19.9 Å². The number of allylic oxidation sites excluding steroid dienone is 4. The normalized spacial score (nSPS) is 13.7. The minimum atomic E-state index is -0.228. The molecule has 1 aliphatic rings. The van der Waals surface area contributed by atoms with Crippen molar-refractivity contribution in [3.63, 3.8) is 0 Å². The smallest absolute Gasteiger partial charge is 0.252 e. The molecule has 2 N–H and O–H groups in total. The van der Waals surface area contributed by atoms with Crippen LogP contribution < -0.4 is 14.8 Å². The average Bonchev–Trinajstić information content (AvgIpc) is 3.08. The third-order valence-electron chi connectivity index (χ3n) is 5.13. The minimum absolute atomic E-state index is 0.0587. The summed E-state index contributed by atoms with van der Waals surface area (Å²) in [5, 5.41) is 13.2. The van der Waals surface area contributed by atoms with Gasteiger partial charge in [0, 0.05) is 18.5 Å². The second-order valence-electron chi connectivity index (χ2n) is 7.62. The van der Waals surface area contributed by atoms with Crippen LogP contribution in [0.15, 0.2) is 41.5 Å². The molecule has 2 rings (SSSR count). The molecule has 1 aromatic carbocycles. The predicted octanol–water partition coefficient (Wildman–Crippen LogP) is 4.62. The fourth-order valence-corrected chi connectivity index (χ4v) is 3.14. The zero-order chi connectivity index (χ0) is 22.3. The van der Waals surface area contributed by atoms with E-state index in [-0.39, 0.29) is 36.3 Å². The largest absolute Gasteiger partial charge is 0.504 e. The van der Waals surface area contributed by atoms with E-state index in [1.807, 2.05) is 19.9 Å². The van der Waals surface area contributed by atoms with Gasteiger partial charge in [-0.25, -0.2) is 0 Å². The van der Waals surface area contributed by atoms with Gasteiger partial charge in [0.25, 0.3) is 5.91 Å². The van der Waals surface area contributed by atoms with Crippen LogP contribution in [0.1, 0.15) is 62.4 Å². The second-order valence-corrected chi connectivity index (χ2v) is 7.62. The van der Waals surface area contributed by atoms with Crippen LogP contribution >= 0.6 is 0 Å². The Morgan fingerprint density at radius 2 is 1.90 bits per heavy atom. The summed E-state index contributed by atoms with van der Waals surface area (Å²) >= 11 is 0. The lowest BCUT2D eigenvalue weighted by atomic mass is 10.0. The lowest BCUT2D eigenvalue weighted by molar-refractivity contribution is -0.115. The van der Waals surface area contributed by atoms with E-state index in [0.29, 0.717) is 28.9 Å². The lowest BCUT2D eigenvalue weighted by Gasteiger charge is -2.14. The Kier molecular flexibility index (Phi) is 8.27. The molecule has 0 aliphatic carbocycles. The van der Waals surface area contributed by atoms with Gasteiger partial charge in [-0.15, -0.1) is 0 Å². The Morgan fingerprint density at radius 3 is 2.57 bits per heavy atom. The van der Waals surface area contributed by atoms with E-state index >= 15 is 0 Å². The van der Waals surface area contributed by atoms with Crippen molar-refractivity contribution in [3.8, 4) is 17.2 Å². The third-order valence-corrected chi connectivity index (χ3v) is 5.13. The van der Waals surface area contributed by atoms with Crippen LogP contribution in [-0.2, 0) is 11.3 Å². The van der Waals surface area contributed by atoms with E-state index in [1.165, 1.54) is 12.7 Å². The molecule has 0 fully saturated rings. The first kappa shape index (κ1) is 23.3. The van der Waals surface area contributed by atoms with Gasteiger partial charge in [-0.3, -0.25) is 9.59 Å². The number of Topliss-reactive ketones (excluding diaryl/α,β-unsaturated/α-hetero) is 1. The van der Waals surface area contributed by atoms with Crippen LogP contribution in [0.4, 0.5) is 0 Å². The molecule has 0 unspecified atom stereocenters. The number of hydrogen-bond donors (Lipinski definition) is 2. The number of carbonyl (C=O) groups excluding carboxylic acids is 2. The van der Waals surface area contributed by atoms with Crippen LogP contribution in [0, 0.1) is 0 Å². The zero-order valence-electron chi connectivity index (χ0n) is 18.3. The highest BCUT2D eigenvalue weighted by molar-refractivity contribution is 6.00. The second kappa shape index (κ2) is 10.7. The topological polar surface area (TPSA) is 84.9 Å². The quantitative estimate of drug-likeness (QED) is 0.408. The van der Waals surface area contributed by atoms with Gasteiger partial charge in [0.05, 0.1) is 12.7 Å². The van der Waals surface area contributed by atoms with Gasteiger partial charge in [0.2, 0.25) is 5.75 Å². The molecule has 0 aromatic heterocycles. The third kappa shape index (κ3) is 5.99. The Morgan fingerprint density at radius 1 is 1.20 bits per heavy atom. The van der Waals surface area contributed by atoms with Gasteiger partial charge in [0.1, 0.15) is 6.61 Å². The first-order valence-electron chi connectivity index (χ1n) is 10.1. The number of methoxy groups -OCH3 is 1. The minimum Gasteiger partial charge on any atom is -0.504 e. The maximum atomic E-state index is 11.8. The van der Waals surface area contributed by atoms with Gasteiger partial charge >= 0.3 is 0 Å². The molecule has 0 bridgehead atoms. The van der Waals surface area contributed by atoms with E-state index in [0.717, 1.165) is 24.8 Å². The van der Waals surface area contributed by atoms with Gasteiger partial charge in [-0.05, 0) is 57.7 Å². The molecule has 6 heteroatoms. The van der Waals surface area contributed by atoms with Crippen molar-refractivity contribution in [2.24, 2.45) is 0 Å². The van der Waals surface area contributed by atoms with Crippen molar-refractivity contribution < 1.29 is 24.2 Å². The fourth-order valence-electron chi connectivity index (χ4n) is 3.14. The van der Waals surface area contributed by atoms with Crippen LogP contribution in [-0.4, -0.2) is 30.5 Å². The van der Waals surface area contributed by atoms with E-state index < -0.39 is 0 Å². The summed E-state index contributed by atoms with van der Waals surface area (Å²) in [6, 6.07) is 1.59. The van der Waals surface area contributed by atoms with Gasteiger partial charge in [-0.1, -0.05) is 23.8 Å². The SMILES string of the molecule is C=C(C)C(=O)CCC(C)=CCCC(C)=CCOc1c(OC)cc2c(c1O)CNC2=O. The number of aromatic hydroxyl groups is 1. The summed E-state index contributed by atoms with van der Waals surface area (Å²) in [4.78, 5) is 23.4. The number of phenolic OH excluding ortho intramolecular Hbond substituents is 1. The molecule has 1 aromatic rings. The number of ether oxygens (including phenoxy) is 2. The summed E-state index contributed by atoms with van der Waals surface area (Å²) in [5.41, 5.74) is 3.91. The lowest BCUT2D eigenvalue weighted by Crippen LogP contribution is -2.12. The van der Waals surface area contributed by atoms with Crippen LogP contribution in [0.3, 0.4) is 0 Å². The van der Waals surface area contributed by atoms with Gasteiger partial charge in [0.15, 0.2) is 17.3 Å². The van der Waals surface area contributed by atoms with Crippen LogP contribution in [0.5, 0.6) is 17.2 Å². The molecule has 0 spiro atoms. The van der Waals surface area contributed by atoms with E-state index in [1.54, 1.807) is 13.0 Å². The van der Waals surface area contributed by atoms with E-state index in [2.05, 4.69) is 18.0 Å². The molecule has 0 saturated carbocycles. The van der Waals surface area contributed by atoms with Crippen molar-refractivity contribution in [3.05, 3.63) is 52.6 Å².